The SMILES string of the molecule is O=C(N1CCN(Cc2ccccc2)C[C@H](O)C1)C1(N2CCCC2)CCCC1. The van der Waals surface area contributed by atoms with Crippen molar-refractivity contribution < 1.29 is 9.90 Å². The summed E-state index contributed by atoms with van der Waals surface area (Å²) in [5.41, 5.74) is 0.971. The molecule has 1 aromatic rings. The summed E-state index contributed by atoms with van der Waals surface area (Å²) in [6.45, 7) is 5.60. The Morgan fingerprint density at radius 3 is 2.37 bits per heavy atom. The number of hydrogen-bond acceptors (Lipinski definition) is 4. The zero-order valence-corrected chi connectivity index (χ0v) is 16.4. The lowest BCUT2D eigenvalue weighted by Crippen LogP contribution is -2.58. The molecule has 0 bridgehead atoms. The maximum Gasteiger partial charge on any atom is 0.243 e. The maximum atomic E-state index is 13.6. The Morgan fingerprint density at radius 1 is 0.963 bits per heavy atom. The molecular formula is C22H33N3O2. The van der Waals surface area contributed by atoms with Gasteiger partial charge in [-0.2, -0.15) is 0 Å². The van der Waals surface area contributed by atoms with E-state index in [0.29, 0.717) is 13.1 Å². The summed E-state index contributed by atoms with van der Waals surface area (Å²) < 4.78 is 0. The van der Waals surface area contributed by atoms with Crippen molar-refractivity contribution in [3.8, 4) is 0 Å². The van der Waals surface area contributed by atoms with Gasteiger partial charge < -0.3 is 10.0 Å². The van der Waals surface area contributed by atoms with Gasteiger partial charge in [0.1, 0.15) is 5.54 Å². The Kier molecular flexibility index (Phi) is 5.81. The van der Waals surface area contributed by atoms with Gasteiger partial charge in [0.2, 0.25) is 5.91 Å². The molecule has 3 aliphatic rings. The number of benzene rings is 1. The monoisotopic (exact) mass is 371 g/mol. The molecule has 148 valence electrons. The molecule has 0 aromatic heterocycles. The summed E-state index contributed by atoms with van der Waals surface area (Å²) in [6.07, 6.45) is 6.23. The minimum atomic E-state index is -0.475. The topological polar surface area (TPSA) is 47.0 Å². The van der Waals surface area contributed by atoms with Crippen molar-refractivity contribution in [2.45, 2.75) is 56.7 Å². The van der Waals surface area contributed by atoms with Crippen LogP contribution in [-0.2, 0) is 11.3 Å². The van der Waals surface area contributed by atoms with Crippen LogP contribution in [0.4, 0.5) is 0 Å². The lowest BCUT2D eigenvalue weighted by atomic mass is 9.93. The maximum absolute atomic E-state index is 13.6. The van der Waals surface area contributed by atoms with Crippen LogP contribution in [0.1, 0.15) is 44.1 Å². The van der Waals surface area contributed by atoms with E-state index in [-0.39, 0.29) is 11.4 Å². The van der Waals surface area contributed by atoms with E-state index in [4.69, 9.17) is 0 Å². The summed E-state index contributed by atoms with van der Waals surface area (Å²) in [4.78, 5) is 20.3. The second-order valence-corrected chi connectivity index (χ2v) is 8.56. The van der Waals surface area contributed by atoms with Crippen LogP contribution in [0.5, 0.6) is 0 Å². The largest absolute Gasteiger partial charge is 0.390 e. The number of aliphatic hydroxyl groups is 1. The Labute approximate surface area is 162 Å². The van der Waals surface area contributed by atoms with Gasteiger partial charge in [0.15, 0.2) is 0 Å². The number of amides is 1. The first-order chi connectivity index (χ1) is 13.2. The third-order valence-electron chi connectivity index (χ3n) is 6.66. The molecule has 2 aliphatic heterocycles. The summed E-state index contributed by atoms with van der Waals surface area (Å²) in [5.74, 6) is 0.280. The number of rotatable bonds is 4. The Hall–Kier alpha value is -1.43. The predicted molar refractivity (Wildman–Crippen MR) is 106 cm³/mol. The Bertz CT molecular complexity index is 624. The number of aliphatic hydroxyl groups excluding tert-OH is 1. The van der Waals surface area contributed by atoms with Crippen molar-refractivity contribution in [3.05, 3.63) is 35.9 Å². The van der Waals surface area contributed by atoms with Gasteiger partial charge in [0.25, 0.3) is 0 Å². The second-order valence-electron chi connectivity index (χ2n) is 8.56. The normalized spacial score (nSPS) is 27.0. The zero-order valence-electron chi connectivity index (χ0n) is 16.4. The summed E-state index contributed by atoms with van der Waals surface area (Å²) >= 11 is 0. The Morgan fingerprint density at radius 2 is 1.67 bits per heavy atom. The van der Waals surface area contributed by atoms with Crippen molar-refractivity contribution in [1.29, 1.82) is 0 Å². The first-order valence-corrected chi connectivity index (χ1v) is 10.7. The average molecular weight is 372 g/mol. The second kappa shape index (κ2) is 8.29. The van der Waals surface area contributed by atoms with Gasteiger partial charge in [-0.15, -0.1) is 0 Å². The number of carbonyl (C=O) groups is 1. The third-order valence-corrected chi connectivity index (χ3v) is 6.66. The molecule has 1 saturated carbocycles. The zero-order chi connectivity index (χ0) is 18.7. The fraction of sp³-hybridized carbons (Fsp3) is 0.682. The van der Waals surface area contributed by atoms with Crippen LogP contribution in [-0.4, -0.2) is 76.6 Å². The van der Waals surface area contributed by atoms with Gasteiger partial charge in [0.05, 0.1) is 6.10 Å². The number of β-amino-alcohol motifs (C(OH)–C–C–N with tert-alkyl or cyclic N) is 1. The Balaban J connectivity index is 1.44. The first-order valence-electron chi connectivity index (χ1n) is 10.7. The molecule has 1 aromatic carbocycles. The number of hydrogen-bond donors (Lipinski definition) is 1. The quantitative estimate of drug-likeness (QED) is 0.881. The molecule has 2 saturated heterocycles. The molecule has 4 rings (SSSR count). The van der Waals surface area contributed by atoms with Gasteiger partial charge >= 0.3 is 0 Å². The van der Waals surface area contributed by atoms with Crippen molar-refractivity contribution >= 4 is 5.91 Å². The van der Waals surface area contributed by atoms with E-state index in [1.54, 1.807) is 0 Å². The fourth-order valence-corrected chi connectivity index (χ4v) is 5.29. The lowest BCUT2D eigenvalue weighted by molar-refractivity contribution is -0.145. The van der Waals surface area contributed by atoms with Crippen molar-refractivity contribution in [3.63, 3.8) is 0 Å². The fourth-order valence-electron chi connectivity index (χ4n) is 5.29. The van der Waals surface area contributed by atoms with E-state index >= 15 is 0 Å². The van der Waals surface area contributed by atoms with Gasteiger partial charge in [-0.3, -0.25) is 14.6 Å². The highest BCUT2D eigenvalue weighted by Crippen LogP contribution is 2.39. The molecule has 2 heterocycles. The first kappa shape index (κ1) is 18.9. The van der Waals surface area contributed by atoms with Crippen LogP contribution in [0.15, 0.2) is 30.3 Å². The number of nitrogens with zero attached hydrogens (tertiary/aromatic N) is 3. The standard InChI is InChI=1S/C22H33N3O2/c26-20-17-23(16-19-8-2-1-3-9-19)14-15-24(18-20)21(27)22(10-4-5-11-22)25-12-6-7-13-25/h1-3,8-9,20,26H,4-7,10-18H2/t20-/m0/s1. The molecule has 1 amide bonds. The van der Waals surface area contributed by atoms with Gasteiger partial charge in [-0.05, 0) is 44.3 Å². The molecule has 0 spiro atoms. The van der Waals surface area contributed by atoms with Gasteiger partial charge in [-0.25, -0.2) is 0 Å². The molecule has 0 unspecified atom stereocenters. The van der Waals surface area contributed by atoms with Crippen LogP contribution in [0, 0.1) is 0 Å². The molecule has 1 N–H and O–H groups in total. The van der Waals surface area contributed by atoms with Crippen molar-refractivity contribution in [1.82, 2.24) is 14.7 Å². The predicted octanol–water partition coefficient (Wildman–Crippen LogP) is 2.10. The smallest absolute Gasteiger partial charge is 0.243 e. The van der Waals surface area contributed by atoms with E-state index in [0.717, 1.165) is 58.4 Å². The van der Waals surface area contributed by atoms with Crippen LogP contribution < -0.4 is 0 Å². The molecule has 5 heteroatoms. The van der Waals surface area contributed by atoms with E-state index in [1.807, 2.05) is 11.0 Å². The highest BCUT2D eigenvalue weighted by Gasteiger charge is 2.49. The molecule has 1 aliphatic carbocycles. The molecule has 1 atom stereocenters. The third kappa shape index (κ3) is 4.05. The average Bonchev–Trinajstić information content (AvgIpc) is 3.34. The van der Waals surface area contributed by atoms with Crippen LogP contribution in [0.2, 0.25) is 0 Å². The molecule has 0 radical (unpaired) electrons. The highest BCUT2D eigenvalue weighted by molar-refractivity contribution is 5.87. The summed E-state index contributed by atoms with van der Waals surface area (Å²) in [6, 6.07) is 10.4. The minimum Gasteiger partial charge on any atom is -0.390 e. The van der Waals surface area contributed by atoms with Crippen molar-refractivity contribution in [2.24, 2.45) is 0 Å². The van der Waals surface area contributed by atoms with E-state index in [9.17, 15) is 9.90 Å². The van der Waals surface area contributed by atoms with E-state index in [1.165, 1.54) is 18.4 Å². The highest BCUT2D eigenvalue weighted by atomic mass is 16.3. The minimum absolute atomic E-state index is 0.280. The van der Waals surface area contributed by atoms with Crippen molar-refractivity contribution in [2.75, 3.05) is 39.3 Å². The lowest BCUT2D eigenvalue weighted by Gasteiger charge is -2.41. The molecule has 5 nitrogen and oxygen atoms in total. The number of carbonyl (C=O) groups excluding carboxylic acids is 1. The van der Waals surface area contributed by atoms with Crippen LogP contribution in [0.25, 0.3) is 0 Å². The summed E-state index contributed by atoms with van der Waals surface area (Å²) in [7, 11) is 0. The summed E-state index contributed by atoms with van der Waals surface area (Å²) in [5, 5.41) is 10.6. The van der Waals surface area contributed by atoms with Crippen LogP contribution >= 0.6 is 0 Å². The van der Waals surface area contributed by atoms with Gasteiger partial charge in [0, 0.05) is 32.7 Å². The molecule has 3 fully saturated rings. The number of likely N-dealkylation sites (tertiary alicyclic amines) is 1. The van der Waals surface area contributed by atoms with E-state index in [2.05, 4.69) is 34.1 Å². The van der Waals surface area contributed by atoms with E-state index < -0.39 is 6.10 Å². The molecule has 27 heavy (non-hydrogen) atoms. The van der Waals surface area contributed by atoms with Gasteiger partial charge in [-0.1, -0.05) is 43.2 Å². The van der Waals surface area contributed by atoms with Crippen LogP contribution in [0.3, 0.4) is 0 Å². The molecular weight excluding hydrogens is 338 g/mol.